The lowest BCUT2D eigenvalue weighted by Gasteiger charge is -2.14. The van der Waals surface area contributed by atoms with Gasteiger partial charge in [0.1, 0.15) is 0 Å². The van der Waals surface area contributed by atoms with Crippen molar-refractivity contribution >= 4 is 34.4 Å². The Morgan fingerprint density at radius 1 is 1.10 bits per heavy atom. The van der Waals surface area contributed by atoms with E-state index in [1.807, 2.05) is 68.5 Å². The van der Waals surface area contributed by atoms with E-state index in [9.17, 15) is 9.59 Å². The number of aromatic nitrogens is 4. The fourth-order valence-electron chi connectivity index (χ4n) is 3.39. The highest BCUT2D eigenvalue weighted by Gasteiger charge is 2.20. The van der Waals surface area contributed by atoms with Crippen LogP contribution in [-0.4, -0.2) is 37.0 Å². The van der Waals surface area contributed by atoms with Gasteiger partial charge in [0.15, 0.2) is 5.16 Å². The summed E-state index contributed by atoms with van der Waals surface area (Å²) in [7, 11) is 0. The van der Waals surface area contributed by atoms with E-state index < -0.39 is 0 Å². The van der Waals surface area contributed by atoms with Gasteiger partial charge in [-0.05, 0) is 57.0 Å². The molecule has 0 atom stereocenters. The summed E-state index contributed by atoms with van der Waals surface area (Å²) >= 11 is 1.24. The Morgan fingerprint density at radius 2 is 1.87 bits per heavy atom. The Kier molecular flexibility index (Phi) is 5.34. The minimum atomic E-state index is -0.320. The summed E-state index contributed by atoms with van der Waals surface area (Å²) in [5.74, 6) is 0.196. The fraction of sp³-hybridized carbons (Fsp3) is 0.273. The van der Waals surface area contributed by atoms with Gasteiger partial charge >= 0.3 is 5.97 Å². The van der Waals surface area contributed by atoms with Crippen LogP contribution >= 0.6 is 11.8 Å². The van der Waals surface area contributed by atoms with Crippen molar-refractivity contribution in [2.45, 2.75) is 39.0 Å². The molecular weight excluding hydrogens is 400 g/mol. The van der Waals surface area contributed by atoms with Crippen LogP contribution in [0.5, 0.6) is 0 Å². The highest BCUT2D eigenvalue weighted by molar-refractivity contribution is 7.99. The first-order valence-corrected chi connectivity index (χ1v) is 10.6. The molecular formula is C22H22N4O3S. The molecule has 8 heteroatoms. The van der Waals surface area contributed by atoms with Crippen LogP contribution in [0.2, 0.25) is 0 Å². The number of rotatable bonds is 5. The molecule has 0 aliphatic heterocycles. The molecule has 2 aromatic carbocycles. The quantitative estimate of drug-likeness (QED) is 0.361. The van der Waals surface area contributed by atoms with Crippen LogP contribution in [0.4, 0.5) is 0 Å². The van der Waals surface area contributed by atoms with Crippen LogP contribution in [-0.2, 0) is 9.53 Å². The molecule has 154 valence electrons. The summed E-state index contributed by atoms with van der Waals surface area (Å²) in [4.78, 5) is 25.4. The summed E-state index contributed by atoms with van der Waals surface area (Å²) in [6.45, 7) is 7.61. The molecule has 0 bridgehead atoms. The maximum atomic E-state index is 13.4. The van der Waals surface area contributed by atoms with Crippen molar-refractivity contribution in [1.82, 2.24) is 19.2 Å². The van der Waals surface area contributed by atoms with Gasteiger partial charge in [-0.25, -0.2) is 4.57 Å². The van der Waals surface area contributed by atoms with Gasteiger partial charge in [0.2, 0.25) is 5.78 Å². The molecule has 4 rings (SSSR count). The van der Waals surface area contributed by atoms with Crippen molar-refractivity contribution in [3.8, 4) is 5.69 Å². The number of nitrogens with zero attached hydrogens (tertiary/aromatic N) is 4. The van der Waals surface area contributed by atoms with Crippen molar-refractivity contribution in [1.29, 1.82) is 0 Å². The largest absolute Gasteiger partial charge is 0.462 e. The van der Waals surface area contributed by atoms with Crippen LogP contribution in [0.15, 0.2) is 52.4 Å². The topological polar surface area (TPSA) is 78.5 Å². The first kappa shape index (κ1) is 20.2. The number of hydrogen-bond acceptors (Lipinski definition) is 6. The van der Waals surface area contributed by atoms with Gasteiger partial charge in [-0.3, -0.25) is 14.0 Å². The lowest BCUT2D eigenvalue weighted by molar-refractivity contribution is -0.144. The third-order valence-electron chi connectivity index (χ3n) is 4.90. The Hall–Kier alpha value is -3.13. The van der Waals surface area contributed by atoms with Gasteiger partial charge in [0.05, 0.1) is 28.4 Å². The van der Waals surface area contributed by atoms with Crippen LogP contribution in [0.3, 0.4) is 0 Å². The summed E-state index contributed by atoms with van der Waals surface area (Å²) < 4.78 is 8.63. The minimum absolute atomic E-state index is 0.107. The lowest BCUT2D eigenvalue weighted by atomic mass is 10.1. The molecule has 0 unspecified atom stereocenters. The van der Waals surface area contributed by atoms with E-state index in [1.54, 1.807) is 10.6 Å². The molecule has 0 aliphatic carbocycles. The van der Waals surface area contributed by atoms with Crippen molar-refractivity contribution < 1.29 is 9.53 Å². The van der Waals surface area contributed by atoms with Crippen molar-refractivity contribution in [3.63, 3.8) is 0 Å². The summed E-state index contributed by atoms with van der Waals surface area (Å²) in [5, 5.41) is 9.68. The smallest absolute Gasteiger partial charge is 0.316 e. The number of carbonyl (C=O) groups is 1. The molecule has 30 heavy (non-hydrogen) atoms. The van der Waals surface area contributed by atoms with Crippen molar-refractivity contribution in [2.75, 3.05) is 5.75 Å². The minimum Gasteiger partial charge on any atom is -0.462 e. The van der Waals surface area contributed by atoms with E-state index in [4.69, 9.17) is 4.74 Å². The number of thioether (sulfide) groups is 1. The Bertz CT molecular complexity index is 1320. The van der Waals surface area contributed by atoms with Crippen LogP contribution < -0.4 is 5.56 Å². The van der Waals surface area contributed by atoms with Gasteiger partial charge < -0.3 is 4.74 Å². The van der Waals surface area contributed by atoms with Gasteiger partial charge in [-0.2, -0.15) is 0 Å². The molecule has 0 aliphatic rings. The molecule has 4 aromatic rings. The van der Waals surface area contributed by atoms with E-state index in [1.165, 1.54) is 11.8 Å². The average Bonchev–Trinajstić information content (AvgIpc) is 3.13. The predicted octanol–water partition coefficient (Wildman–Crippen LogP) is 3.69. The second-order valence-corrected chi connectivity index (χ2v) is 8.26. The van der Waals surface area contributed by atoms with Gasteiger partial charge in [-0.1, -0.05) is 36.0 Å². The second-order valence-electron chi connectivity index (χ2n) is 7.32. The van der Waals surface area contributed by atoms with E-state index in [-0.39, 0.29) is 23.4 Å². The molecule has 0 radical (unpaired) electrons. The number of para-hydroxylation sites is 1. The number of fused-ring (bicyclic) bond motifs is 3. The summed E-state index contributed by atoms with van der Waals surface area (Å²) in [6.07, 6.45) is -0.177. The predicted molar refractivity (Wildman–Crippen MR) is 118 cm³/mol. The highest BCUT2D eigenvalue weighted by Crippen LogP contribution is 2.25. The molecule has 2 heterocycles. The molecule has 7 nitrogen and oxygen atoms in total. The summed E-state index contributed by atoms with van der Waals surface area (Å²) in [5.41, 5.74) is 3.38. The zero-order chi connectivity index (χ0) is 21.4. The number of benzene rings is 2. The maximum Gasteiger partial charge on any atom is 0.316 e. The summed E-state index contributed by atoms with van der Waals surface area (Å²) in [6, 6.07) is 13.2. The molecule has 0 N–H and O–H groups in total. The van der Waals surface area contributed by atoms with Crippen LogP contribution in [0, 0.1) is 13.8 Å². The number of carbonyl (C=O) groups excluding carboxylic acids is 1. The van der Waals surface area contributed by atoms with E-state index in [0.29, 0.717) is 21.8 Å². The van der Waals surface area contributed by atoms with Gasteiger partial charge in [0, 0.05) is 0 Å². The molecule has 0 saturated heterocycles. The molecule has 2 aromatic heterocycles. The molecule has 0 saturated carbocycles. The Morgan fingerprint density at radius 3 is 2.63 bits per heavy atom. The van der Waals surface area contributed by atoms with Crippen LogP contribution in [0.25, 0.3) is 22.4 Å². The zero-order valence-electron chi connectivity index (χ0n) is 17.2. The monoisotopic (exact) mass is 422 g/mol. The van der Waals surface area contributed by atoms with Crippen LogP contribution in [0.1, 0.15) is 25.0 Å². The average molecular weight is 423 g/mol. The van der Waals surface area contributed by atoms with Crippen molar-refractivity contribution in [2.24, 2.45) is 0 Å². The SMILES string of the molecule is Cc1cccc(-n2c(=O)c3ccccc3n3c(SCC(=O)OC(C)C)nnc23)c1C. The Balaban J connectivity index is 1.94. The highest BCUT2D eigenvalue weighted by atomic mass is 32.2. The van der Waals surface area contributed by atoms with Crippen molar-refractivity contribution in [3.05, 3.63) is 63.9 Å². The fourth-order valence-corrected chi connectivity index (χ4v) is 4.11. The molecule has 0 amide bonds. The van der Waals surface area contributed by atoms with E-state index in [2.05, 4.69) is 10.2 Å². The number of hydrogen-bond donors (Lipinski definition) is 0. The number of ether oxygens (including phenoxy) is 1. The van der Waals surface area contributed by atoms with Gasteiger partial charge in [-0.15, -0.1) is 10.2 Å². The first-order chi connectivity index (χ1) is 14.4. The number of aryl methyl sites for hydroxylation is 1. The van der Waals surface area contributed by atoms with E-state index in [0.717, 1.165) is 16.8 Å². The maximum absolute atomic E-state index is 13.4. The first-order valence-electron chi connectivity index (χ1n) is 9.66. The van der Waals surface area contributed by atoms with Gasteiger partial charge in [0.25, 0.3) is 5.56 Å². The molecule has 0 fully saturated rings. The third-order valence-corrected chi connectivity index (χ3v) is 5.80. The second kappa shape index (κ2) is 7.95. The Labute approximate surface area is 177 Å². The number of esters is 1. The van der Waals surface area contributed by atoms with E-state index >= 15 is 0 Å². The zero-order valence-corrected chi connectivity index (χ0v) is 18.1. The lowest BCUT2D eigenvalue weighted by Crippen LogP contribution is -2.22. The molecule has 0 spiro atoms. The standard InChI is InChI=1S/C22H22N4O3S/c1-13(2)29-19(27)12-30-22-24-23-21-25(17-11-7-8-14(3)15(17)4)20(28)16-9-5-6-10-18(16)26(21)22/h5-11,13H,12H2,1-4H3. The normalized spacial score (nSPS) is 11.5. The third kappa shape index (κ3) is 3.47.